The van der Waals surface area contributed by atoms with Crippen molar-refractivity contribution < 1.29 is 0 Å². The zero-order valence-corrected chi connectivity index (χ0v) is 17.3. The maximum absolute atomic E-state index is 3.58. The van der Waals surface area contributed by atoms with E-state index in [1.807, 2.05) is 0 Å². The SMILES string of the molecule is CCn1c2ccccc2c2cc(-c3cccc(-c4cccc(Br)c4)c3)ccc21. The van der Waals surface area contributed by atoms with E-state index in [4.69, 9.17) is 0 Å². The number of benzene rings is 4. The fourth-order valence-corrected chi connectivity index (χ4v) is 4.52. The van der Waals surface area contributed by atoms with Crippen molar-refractivity contribution in [2.24, 2.45) is 0 Å². The smallest absolute Gasteiger partial charge is 0.0491 e. The minimum Gasteiger partial charge on any atom is -0.341 e. The van der Waals surface area contributed by atoms with Crippen LogP contribution in [0.25, 0.3) is 44.1 Å². The molecule has 0 unspecified atom stereocenters. The number of para-hydroxylation sites is 1. The lowest BCUT2D eigenvalue weighted by atomic mass is 9.98. The molecule has 0 radical (unpaired) electrons. The minimum absolute atomic E-state index is 0.974. The third-order valence-electron chi connectivity index (χ3n) is 5.44. The second kappa shape index (κ2) is 6.96. The Morgan fingerprint density at radius 2 is 1.25 bits per heavy atom. The lowest BCUT2D eigenvalue weighted by Crippen LogP contribution is -1.92. The number of aromatic nitrogens is 1. The van der Waals surface area contributed by atoms with Crippen LogP contribution in [0.15, 0.2) is 95.5 Å². The van der Waals surface area contributed by atoms with E-state index < -0.39 is 0 Å². The van der Waals surface area contributed by atoms with Gasteiger partial charge in [-0.15, -0.1) is 0 Å². The van der Waals surface area contributed by atoms with Crippen LogP contribution in [0.3, 0.4) is 0 Å². The predicted octanol–water partition coefficient (Wildman–Crippen LogP) is 7.91. The Morgan fingerprint density at radius 1 is 0.607 bits per heavy atom. The van der Waals surface area contributed by atoms with Crippen molar-refractivity contribution in [3.8, 4) is 22.3 Å². The highest BCUT2D eigenvalue weighted by Crippen LogP contribution is 2.34. The average Bonchev–Trinajstić information content (AvgIpc) is 3.07. The Kier molecular flexibility index (Phi) is 4.29. The topological polar surface area (TPSA) is 4.93 Å². The van der Waals surface area contributed by atoms with Gasteiger partial charge in [-0.3, -0.25) is 0 Å². The number of fused-ring (bicyclic) bond motifs is 3. The number of rotatable bonds is 3. The van der Waals surface area contributed by atoms with Crippen LogP contribution in [0.4, 0.5) is 0 Å². The molecule has 4 aromatic carbocycles. The van der Waals surface area contributed by atoms with Gasteiger partial charge in [-0.25, -0.2) is 0 Å². The summed E-state index contributed by atoms with van der Waals surface area (Å²) >= 11 is 3.58. The molecule has 5 aromatic rings. The summed E-state index contributed by atoms with van der Waals surface area (Å²) in [7, 11) is 0. The van der Waals surface area contributed by atoms with Gasteiger partial charge in [0.2, 0.25) is 0 Å². The predicted molar refractivity (Wildman–Crippen MR) is 124 cm³/mol. The van der Waals surface area contributed by atoms with Crippen LogP contribution >= 0.6 is 15.9 Å². The van der Waals surface area contributed by atoms with E-state index in [1.165, 1.54) is 44.1 Å². The van der Waals surface area contributed by atoms with Crippen LogP contribution in [-0.4, -0.2) is 4.57 Å². The molecule has 0 bridgehead atoms. The number of nitrogens with zero attached hydrogens (tertiary/aromatic N) is 1. The first-order chi connectivity index (χ1) is 13.7. The first-order valence-corrected chi connectivity index (χ1v) is 10.4. The third kappa shape index (κ3) is 2.85. The Labute approximate surface area is 173 Å². The number of hydrogen-bond donors (Lipinski definition) is 0. The van der Waals surface area contributed by atoms with Crippen molar-refractivity contribution in [1.29, 1.82) is 0 Å². The van der Waals surface area contributed by atoms with Crippen molar-refractivity contribution in [1.82, 2.24) is 4.57 Å². The molecule has 0 N–H and O–H groups in total. The second-order valence-corrected chi connectivity index (χ2v) is 8.00. The molecular weight excluding hydrogens is 406 g/mol. The van der Waals surface area contributed by atoms with Crippen LogP contribution < -0.4 is 0 Å². The van der Waals surface area contributed by atoms with E-state index in [-0.39, 0.29) is 0 Å². The summed E-state index contributed by atoms with van der Waals surface area (Å²) in [6, 6.07) is 32.8. The molecule has 0 saturated heterocycles. The summed E-state index contributed by atoms with van der Waals surface area (Å²) in [5.74, 6) is 0. The van der Waals surface area contributed by atoms with Crippen molar-refractivity contribution >= 4 is 37.7 Å². The molecule has 0 aliphatic rings. The van der Waals surface area contributed by atoms with E-state index in [0.717, 1.165) is 11.0 Å². The number of halogens is 1. The normalized spacial score (nSPS) is 11.4. The van der Waals surface area contributed by atoms with Crippen molar-refractivity contribution in [2.45, 2.75) is 13.5 Å². The molecule has 136 valence electrons. The molecule has 0 atom stereocenters. The van der Waals surface area contributed by atoms with Crippen LogP contribution in [0, 0.1) is 0 Å². The first-order valence-electron chi connectivity index (χ1n) is 9.62. The van der Waals surface area contributed by atoms with Gasteiger partial charge in [0.1, 0.15) is 0 Å². The average molecular weight is 426 g/mol. The number of aryl methyl sites for hydroxylation is 1. The van der Waals surface area contributed by atoms with Crippen molar-refractivity contribution in [2.75, 3.05) is 0 Å². The van der Waals surface area contributed by atoms with E-state index in [9.17, 15) is 0 Å². The van der Waals surface area contributed by atoms with Gasteiger partial charge >= 0.3 is 0 Å². The molecule has 0 fully saturated rings. The summed E-state index contributed by atoms with van der Waals surface area (Å²) in [5.41, 5.74) is 7.56. The van der Waals surface area contributed by atoms with Gasteiger partial charge in [-0.2, -0.15) is 0 Å². The highest BCUT2D eigenvalue weighted by atomic mass is 79.9. The van der Waals surface area contributed by atoms with E-state index in [2.05, 4.69) is 118 Å². The fourth-order valence-electron chi connectivity index (χ4n) is 4.12. The Bertz CT molecular complexity index is 1310. The summed E-state index contributed by atoms with van der Waals surface area (Å²) < 4.78 is 3.50. The molecule has 1 nitrogen and oxygen atoms in total. The third-order valence-corrected chi connectivity index (χ3v) is 5.94. The van der Waals surface area contributed by atoms with Gasteiger partial charge in [0.15, 0.2) is 0 Å². The molecule has 28 heavy (non-hydrogen) atoms. The quantitative estimate of drug-likeness (QED) is 0.276. The second-order valence-electron chi connectivity index (χ2n) is 7.08. The van der Waals surface area contributed by atoms with Crippen LogP contribution in [0.5, 0.6) is 0 Å². The molecule has 5 rings (SSSR count). The molecule has 2 heteroatoms. The van der Waals surface area contributed by atoms with Crippen molar-refractivity contribution in [3.05, 3.63) is 95.5 Å². The molecule has 0 amide bonds. The first kappa shape index (κ1) is 17.3. The summed E-state index contributed by atoms with van der Waals surface area (Å²) in [6.07, 6.45) is 0. The van der Waals surface area contributed by atoms with Crippen LogP contribution in [-0.2, 0) is 6.54 Å². The summed E-state index contributed by atoms with van der Waals surface area (Å²) in [4.78, 5) is 0. The van der Waals surface area contributed by atoms with Crippen LogP contribution in [0.1, 0.15) is 6.92 Å². The lowest BCUT2D eigenvalue weighted by molar-refractivity contribution is 0.827. The molecule has 1 heterocycles. The maximum atomic E-state index is 3.58. The van der Waals surface area contributed by atoms with Gasteiger partial charge in [-0.1, -0.05) is 70.5 Å². The zero-order valence-electron chi connectivity index (χ0n) is 15.7. The lowest BCUT2D eigenvalue weighted by Gasteiger charge is -2.08. The summed E-state index contributed by atoms with van der Waals surface area (Å²) in [5, 5.41) is 2.65. The van der Waals surface area contributed by atoms with E-state index in [1.54, 1.807) is 0 Å². The minimum atomic E-state index is 0.974. The maximum Gasteiger partial charge on any atom is 0.0491 e. The summed E-state index contributed by atoms with van der Waals surface area (Å²) in [6.45, 7) is 3.18. The fraction of sp³-hybridized carbons (Fsp3) is 0.0769. The molecule has 0 aliphatic heterocycles. The zero-order chi connectivity index (χ0) is 19.1. The standard InChI is InChI=1S/C26H20BrN/c1-2-28-25-12-4-3-11-23(25)24-17-21(13-14-26(24)28)19-8-5-7-18(15-19)20-9-6-10-22(27)16-20/h3-17H,2H2,1H3. The van der Waals surface area contributed by atoms with Gasteiger partial charge < -0.3 is 4.57 Å². The Morgan fingerprint density at radius 3 is 2.00 bits per heavy atom. The van der Waals surface area contributed by atoms with Gasteiger partial charge in [0, 0.05) is 32.8 Å². The highest BCUT2D eigenvalue weighted by Gasteiger charge is 2.10. The molecule has 0 aliphatic carbocycles. The highest BCUT2D eigenvalue weighted by molar-refractivity contribution is 9.10. The van der Waals surface area contributed by atoms with Gasteiger partial charge in [0.25, 0.3) is 0 Å². The van der Waals surface area contributed by atoms with Crippen molar-refractivity contribution in [3.63, 3.8) is 0 Å². The molecule has 0 saturated carbocycles. The van der Waals surface area contributed by atoms with Gasteiger partial charge in [-0.05, 0) is 65.6 Å². The number of hydrogen-bond acceptors (Lipinski definition) is 0. The molecule has 0 spiro atoms. The van der Waals surface area contributed by atoms with E-state index in [0.29, 0.717) is 0 Å². The Hall–Kier alpha value is -2.84. The molecule has 1 aromatic heterocycles. The molecular formula is C26H20BrN. The largest absolute Gasteiger partial charge is 0.341 e. The Balaban J connectivity index is 1.68. The van der Waals surface area contributed by atoms with E-state index >= 15 is 0 Å². The van der Waals surface area contributed by atoms with Gasteiger partial charge in [0.05, 0.1) is 0 Å². The van der Waals surface area contributed by atoms with Crippen LogP contribution in [0.2, 0.25) is 0 Å². The monoisotopic (exact) mass is 425 g/mol.